The number of hydrogen-bond acceptors (Lipinski definition) is 1. The molecule has 0 bridgehead atoms. The molecule has 1 nitrogen and oxygen atoms in total. The first-order valence-corrected chi connectivity index (χ1v) is 5.92. The third-order valence-corrected chi connectivity index (χ3v) is 3.15. The first-order valence-electron chi connectivity index (χ1n) is 5.54. The smallest absolute Gasteiger partial charge is 0.128 e. The highest BCUT2D eigenvalue weighted by atomic mass is 35.5. The molecule has 0 saturated heterocycles. The highest BCUT2D eigenvalue weighted by molar-refractivity contribution is 6.30. The molecule has 1 atom stereocenters. The van der Waals surface area contributed by atoms with Crippen LogP contribution < -0.4 is 5.73 Å². The summed E-state index contributed by atoms with van der Waals surface area (Å²) in [5, 5.41) is 0.440. The summed E-state index contributed by atoms with van der Waals surface area (Å²) in [5.41, 5.74) is 7.78. The average Bonchev–Trinajstić information content (AvgIpc) is 2.22. The molecule has 1 aliphatic carbocycles. The number of hydrogen-bond donors (Lipinski definition) is 1. The van der Waals surface area contributed by atoms with Crippen molar-refractivity contribution in [3.05, 3.63) is 46.3 Å². The van der Waals surface area contributed by atoms with Crippen LogP contribution in [0.1, 0.15) is 24.8 Å². The van der Waals surface area contributed by atoms with E-state index < -0.39 is 0 Å². The topological polar surface area (TPSA) is 26.0 Å². The third kappa shape index (κ3) is 2.83. The molecule has 0 aliphatic heterocycles. The Morgan fingerprint density at radius 2 is 2.25 bits per heavy atom. The van der Waals surface area contributed by atoms with Crippen LogP contribution in [0.4, 0.5) is 4.39 Å². The van der Waals surface area contributed by atoms with E-state index >= 15 is 0 Å². The fourth-order valence-electron chi connectivity index (χ4n) is 2.09. The molecular formula is C13H15ClFN. The maximum absolute atomic E-state index is 13.6. The molecule has 1 aromatic rings. The van der Waals surface area contributed by atoms with Gasteiger partial charge in [-0.05, 0) is 43.4 Å². The van der Waals surface area contributed by atoms with Gasteiger partial charge in [-0.25, -0.2) is 4.39 Å². The molecule has 2 rings (SSSR count). The highest BCUT2D eigenvalue weighted by Gasteiger charge is 2.12. The van der Waals surface area contributed by atoms with Crippen molar-refractivity contribution in [1.29, 1.82) is 0 Å². The van der Waals surface area contributed by atoms with E-state index in [1.54, 1.807) is 12.1 Å². The lowest BCUT2D eigenvalue weighted by atomic mass is 9.92. The first kappa shape index (κ1) is 11.6. The number of rotatable bonds is 2. The van der Waals surface area contributed by atoms with Gasteiger partial charge < -0.3 is 5.73 Å². The molecule has 3 heteroatoms. The van der Waals surface area contributed by atoms with Gasteiger partial charge in [-0.2, -0.15) is 0 Å². The zero-order valence-electron chi connectivity index (χ0n) is 9.05. The maximum Gasteiger partial charge on any atom is 0.128 e. The van der Waals surface area contributed by atoms with Crippen LogP contribution in [0.15, 0.2) is 29.8 Å². The van der Waals surface area contributed by atoms with Crippen LogP contribution in [0.25, 0.3) is 0 Å². The van der Waals surface area contributed by atoms with Gasteiger partial charge in [0, 0.05) is 11.1 Å². The van der Waals surface area contributed by atoms with Gasteiger partial charge in [-0.1, -0.05) is 29.3 Å². The van der Waals surface area contributed by atoms with E-state index in [1.165, 1.54) is 11.6 Å². The van der Waals surface area contributed by atoms with Crippen LogP contribution in [-0.2, 0) is 6.42 Å². The summed E-state index contributed by atoms with van der Waals surface area (Å²) in [6.45, 7) is 0. The molecule has 16 heavy (non-hydrogen) atoms. The van der Waals surface area contributed by atoms with Crippen molar-refractivity contribution < 1.29 is 4.39 Å². The Morgan fingerprint density at radius 3 is 2.94 bits per heavy atom. The molecule has 86 valence electrons. The molecule has 2 N–H and O–H groups in total. The Hall–Kier alpha value is -0.860. The lowest BCUT2D eigenvalue weighted by Crippen LogP contribution is -2.20. The summed E-state index contributed by atoms with van der Waals surface area (Å²) in [5.74, 6) is -0.229. The number of benzene rings is 1. The lowest BCUT2D eigenvalue weighted by Gasteiger charge is -2.18. The van der Waals surface area contributed by atoms with Crippen molar-refractivity contribution >= 4 is 11.6 Å². The molecule has 0 heterocycles. The van der Waals surface area contributed by atoms with E-state index in [0.717, 1.165) is 19.3 Å². The molecule has 1 aromatic carbocycles. The molecule has 0 amide bonds. The van der Waals surface area contributed by atoms with E-state index in [4.69, 9.17) is 17.3 Å². The van der Waals surface area contributed by atoms with Crippen molar-refractivity contribution in [2.45, 2.75) is 31.7 Å². The Labute approximate surface area is 100 Å². The maximum atomic E-state index is 13.6. The predicted octanol–water partition coefficient (Wildman–Crippen LogP) is 3.46. The van der Waals surface area contributed by atoms with Crippen molar-refractivity contribution in [3.8, 4) is 0 Å². The standard InChI is InChI=1S/C13H15ClFN/c14-11-5-4-10(13(15)8-11)6-9-2-1-3-12(16)7-9/h4-5,7-8,12H,1-3,6,16H2. The quantitative estimate of drug-likeness (QED) is 0.786. The molecule has 0 aromatic heterocycles. The van der Waals surface area contributed by atoms with Gasteiger partial charge in [0.1, 0.15) is 5.82 Å². The Morgan fingerprint density at radius 1 is 1.44 bits per heavy atom. The summed E-state index contributed by atoms with van der Waals surface area (Å²) in [6.07, 6.45) is 5.87. The van der Waals surface area contributed by atoms with Gasteiger partial charge >= 0.3 is 0 Å². The van der Waals surface area contributed by atoms with Crippen molar-refractivity contribution in [1.82, 2.24) is 0 Å². The number of allylic oxidation sites excluding steroid dienone is 1. The lowest BCUT2D eigenvalue weighted by molar-refractivity contribution is 0.596. The van der Waals surface area contributed by atoms with Crippen LogP contribution in [0.3, 0.4) is 0 Å². The monoisotopic (exact) mass is 239 g/mol. The summed E-state index contributed by atoms with van der Waals surface area (Å²) in [7, 11) is 0. The molecule has 1 unspecified atom stereocenters. The van der Waals surface area contributed by atoms with Gasteiger partial charge in [-0.15, -0.1) is 0 Å². The molecule has 0 radical (unpaired) electrons. The highest BCUT2D eigenvalue weighted by Crippen LogP contribution is 2.23. The van der Waals surface area contributed by atoms with Crippen LogP contribution in [0.5, 0.6) is 0 Å². The minimum atomic E-state index is -0.229. The summed E-state index contributed by atoms with van der Waals surface area (Å²) in [4.78, 5) is 0. The van der Waals surface area contributed by atoms with Gasteiger partial charge in [0.2, 0.25) is 0 Å². The van der Waals surface area contributed by atoms with E-state index in [1.807, 2.05) is 0 Å². The predicted molar refractivity (Wildman–Crippen MR) is 65.0 cm³/mol. The zero-order chi connectivity index (χ0) is 11.5. The second-order valence-corrected chi connectivity index (χ2v) is 4.73. The normalized spacial score (nSPS) is 20.7. The van der Waals surface area contributed by atoms with Crippen molar-refractivity contribution in [2.75, 3.05) is 0 Å². The van der Waals surface area contributed by atoms with E-state index in [9.17, 15) is 4.39 Å². The minimum Gasteiger partial charge on any atom is -0.324 e. The van der Waals surface area contributed by atoms with E-state index in [-0.39, 0.29) is 11.9 Å². The summed E-state index contributed by atoms with van der Waals surface area (Å²) in [6, 6.07) is 4.97. The summed E-state index contributed by atoms with van der Waals surface area (Å²) >= 11 is 5.71. The second-order valence-electron chi connectivity index (χ2n) is 4.29. The fourth-order valence-corrected chi connectivity index (χ4v) is 2.25. The van der Waals surface area contributed by atoms with E-state index in [2.05, 4.69) is 6.08 Å². The van der Waals surface area contributed by atoms with Gasteiger partial charge in [0.05, 0.1) is 0 Å². The van der Waals surface area contributed by atoms with Crippen molar-refractivity contribution in [3.63, 3.8) is 0 Å². The summed E-state index contributed by atoms with van der Waals surface area (Å²) < 4.78 is 13.6. The van der Waals surface area contributed by atoms with Gasteiger partial charge in [0.25, 0.3) is 0 Å². The van der Waals surface area contributed by atoms with Crippen LogP contribution in [-0.4, -0.2) is 6.04 Å². The minimum absolute atomic E-state index is 0.138. The van der Waals surface area contributed by atoms with Gasteiger partial charge in [0.15, 0.2) is 0 Å². The SMILES string of the molecule is NC1C=C(Cc2ccc(Cl)cc2F)CCC1. The third-order valence-electron chi connectivity index (χ3n) is 2.92. The number of halogens is 2. The fraction of sp³-hybridized carbons (Fsp3) is 0.385. The Kier molecular flexibility index (Phi) is 3.62. The largest absolute Gasteiger partial charge is 0.324 e. The molecular weight excluding hydrogens is 225 g/mol. The molecule has 0 spiro atoms. The van der Waals surface area contributed by atoms with Crippen molar-refractivity contribution in [2.24, 2.45) is 5.73 Å². The Balaban J connectivity index is 2.14. The Bertz CT molecular complexity index is 414. The molecule has 0 fully saturated rings. The van der Waals surface area contributed by atoms with Crippen LogP contribution >= 0.6 is 11.6 Å². The average molecular weight is 240 g/mol. The van der Waals surface area contributed by atoms with E-state index in [0.29, 0.717) is 17.0 Å². The zero-order valence-corrected chi connectivity index (χ0v) is 9.80. The van der Waals surface area contributed by atoms with Gasteiger partial charge in [-0.3, -0.25) is 0 Å². The van der Waals surface area contributed by atoms with Crippen LogP contribution in [0.2, 0.25) is 5.02 Å². The second kappa shape index (κ2) is 4.98. The molecule has 1 aliphatic rings. The first-order chi connectivity index (χ1) is 7.65. The van der Waals surface area contributed by atoms with Crippen LogP contribution in [0, 0.1) is 5.82 Å². The number of nitrogens with two attached hydrogens (primary N) is 1. The molecule has 0 saturated carbocycles.